The molecule has 0 atom stereocenters. The number of anilines is 1. The molecule has 1 aromatic heterocycles. The number of rotatable bonds is 2. The molecule has 0 amide bonds. The standard InChI is InChI=1S/C9H11ClFN3/c10-7-1-8(11)9(13-3-7)14-4-6(2-12)5-14/h1,3,6H,2,4-5,12H2. The predicted octanol–water partition coefficient (Wildman–Crippen LogP) is 1.27. The Hall–Kier alpha value is -0.870. The van der Waals surface area contributed by atoms with Gasteiger partial charge in [-0.15, -0.1) is 0 Å². The topological polar surface area (TPSA) is 42.1 Å². The van der Waals surface area contributed by atoms with Crippen molar-refractivity contribution in [1.29, 1.82) is 0 Å². The van der Waals surface area contributed by atoms with E-state index in [0.29, 0.717) is 23.3 Å². The molecule has 1 aliphatic heterocycles. The number of hydrogen-bond acceptors (Lipinski definition) is 3. The number of nitrogens with zero attached hydrogens (tertiary/aromatic N) is 2. The predicted molar refractivity (Wildman–Crippen MR) is 54.0 cm³/mol. The van der Waals surface area contributed by atoms with E-state index in [1.807, 2.05) is 4.90 Å². The molecule has 0 aromatic carbocycles. The molecule has 2 heterocycles. The summed E-state index contributed by atoms with van der Waals surface area (Å²) in [6.45, 7) is 2.20. The van der Waals surface area contributed by atoms with Crippen molar-refractivity contribution in [2.75, 3.05) is 24.5 Å². The lowest BCUT2D eigenvalue weighted by molar-refractivity contribution is 0.410. The molecular formula is C9H11ClFN3. The molecule has 2 rings (SSSR count). The molecule has 3 nitrogen and oxygen atoms in total. The van der Waals surface area contributed by atoms with Gasteiger partial charge in [0.15, 0.2) is 11.6 Å². The van der Waals surface area contributed by atoms with Gasteiger partial charge in [0.25, 0.3) is 0 Å². The minimum absolute atomic E-state index is 0.321. The van der Waals surface area contributed by atoms with E-state index in [9.17, 15) is 4.39 Å². The van der Waals surface area contributed by atoms with Crippen molar-refractivity contribution in [1.82, 2.24) is 4.98 Å². The largest absolute Gasteiger partial charge is 0.353 e. The van der Waals surface area contributed by atoms with Gasteiger partial charge in [0.1, 0.15) is 0 Å². The van der Waals surface area contributed by atoms with Crippen LogP contribution >= 0.6 is 11.6 Å². The smallest absolute Gasteiger partial charge is 0.167 e. The van der Waals surface area contributed by atoms with E-state index in [4.69, 9.17) is 17.3 Å². The van der Waals surface area contributed by atoms with Crippen LogP contribution in [0.3, 0.4) is 0 Å². The minimum atomic E-state index is -0.368. The molecule has 2 N–H and O–H groups in total. The van der Waals surface area contributed by atoms with Gasteiger partial charge < -0.3 is 10.6 Å². The van der Waals surface area contributed by atoms with Gasteiger partial charge >= 0.3 is 0 Å². The second-order valence-corrected chi connectivity index (χ2v) is 3.90. The molecule has 0 radical (unpaired) electrons. The third kappa shape index (κ3) is 1.67. The van der Waals surface area contributed by atoms with E-state index in [-0.39, 0.29) is 5.82 Å². The number of aromatic nitrogens is 1. The van der Waals surface area contributed by atoms with Crippen molar-refractivity contribution in [3.05, 3.63) is 23.1 Å². The molecule has 0 saturated carbocycles. The Morgan fingerprint density at radius 2 is 2.36 bits per heavy atom. The molecule has 0 spiro atoms. The van der Waals surface area contributed by atoms with E-state index in [1.54, 1.807) is 0 Å². The summed E-state index contributed by atoms with van der Waals surface area (Å²) in [6.07, 6.45) is 1.45. The molecule has 1 aromatic rings. The molecular weight excluding hydrogens is 205 g/mol. The molecule has 76 valence electrons. The molecule has 1 fully saturated rings. The molecule has 1 saturated heterocycles. The molecule has 0 aliphatic carbocycles. The Labute approximate surface area is 86.7 Å². The third-order valence-electron chi connectivity index (χ3n) is 2.38. The summed E-state index contributed by atoms with van der Waals surface area (Å²) in [5.74, 6) is 0.471. The summed E-state index contributed by atoms with van der Waals surface area (Å²) in [5, 5.41) is 0.321. The summed E-state index contributed by atoms with van der Waals surface area (Å²) in [7, 11) is 0. The van der Waals surface area contributed by atoms with E-state index >= 15 is 0 Å². The Bertz CT molecular complexity index is 339. The normalized spacial score (nSPS) is 16.9. The van der Waals surface area contributed by atoms with Gasteiger partial charge in [0, 0.05) is 25.2 Å². The highest BCUT2D eigenvalue weighted by Gasteiger charge is 2.28. The fraction of sp³-hybridized carbons (Fsp3) is 0.444. The summed E-state index contributed by atoms with van der Waals surface area (Å²) >= 11 is 5.60. The second-order valence-electron chi connectivity index (χ2n) is 3.47. The highest BCUT2D eigenvalue weighted by Crippen LogP contribution is 2.25. The molecule has 0 unspecified atom stereocenters. The number of halogens is 2. The van der Waals surface area contributed by atoms with Crippen LogP contribution in [-0.4, -0.2) is 24.6 Å². The van der Waals surface area contributed by atoms with Gasteiger partial charge in [-0.05, 0) is 12.6 Å². The fourth-order valence-electron chi connectivity index (χ4n) is 1.53. The van der Waals surface area contributed by atoms with Crippen LogP contribution in [0, 0.1) is 11.7 Å². The van der Waals surface area contributed by atoms with E-state index in [1.165, 1.54) is 12.3 Å². The Morgan fingerprint density at radius 1 is 1.64 bits per heavy atom. The molecule has 0 bridgehead atoms. The van der Waals surface area contributed by atoms with E-state index in [0.717, 1.165) is 13.1 Å². The number of nitrogens with two attached hydrogens (primary N) is 1. The maximum Gasteiger partial charge on any atom is 0.167 e. The minimum Gasteiger partial charge on any atom is -0.353 e. The average Bonchev–Trinajstić information content (AvgIpc) is 2.06. The van der Waals surface area contributed by atoms with Crippen LogP contribution < -0.4 is 10.6 Å². The van der Waals surface area contributed by atoms with Gasteiger partial charge in [0.05, 0.1) is 5.02 Å². The van der Waals surface area contributed by atoms with Crippen LogP contribution in [0.25, 0.3) is 0 Å². The highest BCUT2D eigenvalue weighted by atomic mass is 35.5. The SMILES string of the molecule is NCC1CN(c2ncc(Cl)cc2F)C1. The van der Waals surface area contributed by atoms with Crippen molar-refractivity contribution < 1.29 is 4.39 Å². The monoisotopic (exact) mass is 215 g/mol. The van der Waals surface area contributed by atoms with Gasteiger partial charge in [-0.25, -0.2) is 9.37 Å². The number of pyridine rings is 1. The van der Waals surface area contributed by atoms with Crippen molar-refractivity contribution in [3.63, 3.8) is 0 Å². The van der Waals surface area contributed by atoms with Crippen LogP contribution in [-0.2, 0) is 0 Å². The van der Waals surface area contributed by atoms with Crippen LogP contribution in [0.2, 0.25) is 5.02 Å². The first-order valence-electron chi connectivity index (χ1n) is 4.46. The lowest BCUT2D eigenvalue weighted by atomic mass is 10.0. The Balaban J connectivity index is 2.11. The van der Waals surface area contributed by atoms with Gasteiger partial charge in [-0.2, -0.15) is 0 Å². The first-order chi connectivity index (χ1) is 6.70. The molecule has 14 heavy (non-hydrogen) atoms. The maximum absolute atomic E-state index is 13.3. The lowest BCUT2D eigenvalue weighted by Gasteiger charge is -2.39. The van der Waals surface area contributed by atoms with Crippen molar-refractivity contribution in [3.8, 4) is 0 Å². The van der Waals surface area contributed by atoms with E-state index in [2.05, 4.69) is 4.98 Å². The van der Waals surface area contributed by atoms with Crippen molar-refractivity contribution in [2.45, 2.75) is 0 Å². The fourth-order valence-corrected chi connectivity index (χ4v) is 1.68. The van der Waals surface area contributed by atoms with Crippen molar-refractivity contribution in [2.24, 2.45) is 11.7 Å². The molecule has 1 aliphatic rings. The molecule has 5 heteroatoms. The van der Waals surface area contributed by atoms with E-state index < -0.39 is 0 Å². The Morgan fingerprint density at radius 3 is 2.93 bits per heavy atom. The zero-order valence-electron chi connectivity index (χ0n) is 7.58. The summed E-state index contributed by atoms with van der Waals surface area (Å²) in [4.78, 5) is 5.81. The van der Waals surface area contributed by atoms with Gasteiger partial charge in [0.2, 0.25) is 0 Å². The first-order valence-corrected chi connectivity index (χ1v) is 4.84. The van der Waals surface area contributed by atoms with Crippen LogP contribution in [0.1, 0.15) is 0 Å². The first kappa shape index (κ1) is 9.68. The van der Waals surface area contributed by atoms with Crippen molar-refractivity contribution >= 4 is 17.4 Å². The summed E-state index contributed by atoms with van der Waals surface area (Å²) in [5.41, 5.74) is 5.47. The van der Waals surface area contributed by atoms with Crippen LogP contribution in [0.4, 0.5) is 10.2 Å². The Kier molecular flexibility index (Phi) is 2.56. The second kappa shape index (κ2) is 3.71. The highest BCUT2D eigenvalue weighted by molar-refractivity contribution is 6.30. The lowest BCUT2D eigenvalue weighted by Crippen LogP contribution is -2.50. The average molecular weight is 216 g/mol. The van der Waals surface area contributed by atoms with Gasteiger partial charge in [-0.3, -0.25) is 0 Å². The summed E-state index contributed by atoms with van der Waals surface area (Å²) in [6, 6.07) is 1.28. The number of hydrogen-bond donors (Lipinski definition) is 1. The quantitative estimate of drug-likeness (QED) is 0.808. The zero-order valence-corrected chi connectivity index (χ0v) is 8.34. The zero-order chi connectivity index (χ0) is 10.1. The summed E-state index contributed by atoms with van der Waals surface area (Å²) < 4.78 is 13.3. The van der Waals surface area contributed by atoms with Gasteiger partial charge in [-0.1, -0.05) is 11.6 Å². The maximum atomic E-state index is 13.3. The van der Waals surface area contributed by atoms with Crippen LogP contribution in [0.5, 0.6) is 0 Å². The third-order valence-corrected chi connectivity index (χ3v) is 2.59. The van der Waals surface area contributed by atoms with Crippen LogP contribution in [0.15, 0.2) is 12.3 Å².